The van der Waals surface area contributed by atoms with Crippen molar-refractivity contribution in [2.75, 3.05) is 5.73 Å². The molecule has 5 heteroatoms. The summed E-state index contributed by atoms with van der Waals surface area (Å²) in [6.45, 7) is 7.04. The molecule has 90 valence electrons. The quantitative estimate of drug-likeness (QED) is 0.877. The Kier molecular flexibility index (Phi) is 3.08. The monoisotopic (exact) mass is 231 g/mol. The van der Waals surface area contributed by atoms with Crippen molar-refractivity contribution in [1.29, 1.82) is 0 Å². The molecule has 0 radical (unpaired) electrons. The minimum absolute atomic E-state index is 0.334. The van der Waals surface area contributed by atoms with Crippen LogP contribution in [0.4, 0.5) is 5.82 Å². The number of hydrogen-bond acceptors (Lipinski definition) is 4. The third kappa shape index (κ3) is 2.43. The van der Waals surface area contributed by atoms with Crippen molar-refractivity contribution < 1.29 is 0 Å². The predicted octanol–water partition coefficient (Wildman–Crippen LogP) is 2.07. The van der Waals surface area contributed by atoms with Crippen LogP contribution < -0.4 is 5.73 Å². The molecule has 2 rings (SSSR count). The number of anilines is 1. The molecule has 5 nitrogen and oxygen atoms in total. The number of aromatic nitrogens is 4. The average Bonchev–Trinajstić information content (AvgIpc) is 2.76. The Labute approximate surface area is 101 Å². The highest BCUT2D eigenvalue weighted by molar-refractivity contribution is 5.54. The van der Waals surface area contributed by atoms with Gasteiger partial charge in [0, 0.05) is 24.5 Å². The zero-order chi connectivity index (χ0) is 12.4. The second-order valence-electron chi connectivity index (χ2n) is 4.28. The lowest BCUT2D eigenvalue weighted by atomic mass is 10.1. The number of nitrogens with zero attached hydrogens (tertiary/aromatic N) is 4. The van der Waals surface area contributed by atoms with Gasteiger partial charge in [-0.25, -0.2) is 9.97 Å². The molecule has 0 bridgehead atoms. The maximum absolute atomic E-state index is 5.80. The molecule has 0 amide bonds. The molecule has 0 fully saturated rings. The van der Waals surface area contributed by atoms with Crippen LogP contribution in [-0.2, 0) is 6.54 Å². The summed E-state index contributed by atoms with van der Waals surface area (Å²) in [4.78, 5) is 8.75. The van der Waals surface area contributed by atoms with E-state index in [2.05, 4.69) is 28.9 Å². The van der Waals surface area contributed by atoms with E-state index in [1.807, 2.05) is 23.9 Å². The number of aryl methyl sites for hydroxylation is 1. The normalized spacial score (nSPS) is 11.1. The molecule has 2 N–H and O–H groups in total. The van der Waals surface area contributed by atoms with Crippen molar-refractivity contribution in [2.24, 2.45) is 0 Å². The van der Waals surface area contributed by atoms with Crippen LogP contribution in [0.3, 0.4) is 0 Å². The fourth-order valence-corrected chi connectivity index (χ4v) is 1.56. The number of rotatable bonds is 3. The largest absolute Gasteiger partial charge is 0.384 e. The third-order valence-electron chi connectivity index (χ3n) is 2.57. The maximum atomic E-state index is 5.80. The van der Waals surface area contributed by atoms with Gasteiger partial charge in [0.2, 0.25) is 0 Å². The van der Waals surface area contributed by atoms with Crippen molar-refractivity contribution >= 4 is 5.82 Å². The predicted molar refractivity (Wildman–Crippen MR) is 67.4 cm³/mol. The van der Waals surface area contributed by atoms with E-state index in [1.165, 1.54) is 0 Å². The summed E-state index contributed by atoms with van der Waals surface area (Å²) in [5.74, 6) is 1.48. The fraction of sp³-hybridized carbons (Fsp3) is 0.417. The van der Waals surface area contributed by atoms with Gasteiger partial charge in [-0.3, -0.25) is 4.68 Å². The Morgan fingerprint density at radius 1 is 1.35 bits per heavy atom. The third-order valence-corrected chi connectivity index (χ3v) is 2.57. The molecule has 0 aromatic carbocycles. The van der Waals surface area contributed by atoms with Gasteiger partial charge in [0.05, 0.1) is 11.8 Å². The summed E-state index contributed by atoms with van der Waals surface area (Å²) in [7, 11) is 0. The molecule has 0 aliphatic carbocycles. The van der Waals surface area contributed by atoms with Gasteiger partial charge in [-0.15, -0.1) is 0 Å². The second-order valence-corrected chi connectivity index (χ2v) is 4.28. The highest BCUT2D eigenvalue weighted by Crippen LogP contribution is 2.20. The first kappa shape index (κ1) is 11.6. The highest BCUT2D eigenvalue weighted by atomic mass is 15.3. The Hall–Kier alpha value is -1.91. The van der Waals surface area contributed by atoms with E-state index in [0.29, 0.717) is 17.6 Å². The molecule has 0 saturated carbocycles. The molecule has 2 aromatic heterocycles. The molecule has 0 atom stereocenters. The van der Waals surface area contributed by atoms with Crippen molar-refractivity contribution in [2.45, 2.75) is 33.2 Å². The molecule has 2 heterocycles. The molecule has 17 heavy (non-hydrogen) atoms. The minimum Gasteiger partial charge on any atom is -0.384 e. The van der Waals surface area contributed by atoms with Gasteiger partial charge in [0.15, 0.2) is 5.82 Å². The van der Waals surface area contributed by atoms with Crippen molar-refractivity contribution in [1.82, 2.24) is 19.7 Å². The zero-order valence-corrected chi connectivity index (χ0v) is 10.4. The molecule has 0 spiro atoms. The second kappa shape index (κ2) is 4.53. The van der Waals surface area contributed by atoms with Crippen LogP contribution in [0.2, 0.25) is 0 Å². The Morgan fingerprint density at radius 3 is 2.71 bits per heavy atom. The van der Waals surface area contributed by atoms with Gasteiger partial charge in [-0.2, -0.15) is 5.10 Å². The smallest absolute Gasteiger partial charge is 0.164 e. The van der Waals surface area contributed by atoms with Crippen molar-refractivity contribution in [3.05, 3.63) is 24.2 Å². The number of nitrogens with two attached hydrogens (primary N) is 1. The average molecular weight is 231 g/mol. The maximum Gasteiger partial charge on any atom is 0.164 e. The summed E-state index contributed by atoms with van der Waals surface area (Å²) >= 11 is 0. The van der Waals surface area contributed by atoms with E-state index in [-0.39, 0.29) is 0 Å². The molecule has 0 aliphatic rings. The fourth-order valence-electron chi connectivity index (χ4n) is 1.56. The summed E-state index contributed by atoms with van der Waals surface area (Å²) in [5.41, 5.74) is 7.65. The Morgan fingerprint density at radius 2 is 2.12 bits per heavy atom. The molecular weight excluding hydrogens is 214 g/mol. The topological polar surface area (TPSA) is 69.6 Å². The van der Waals surface area contributed by atoms with Crippen LogP contribution in [0.25, 0.3) is 11.4 Å². The standard InChI is InChI=1S/C12H17N5/c1-4-17-7-9(6-14-17)12-15-10(8(2)3)5-11(13)16-12/h5-8H,4H2,1-3H3,(H2,13,15,16). The molecule has 0 saturated heterocycles. The zero-order valence-electron chi connectivity index (χ0n) is 10.4. The van der Waals surface area contributed by atoms with E-state index in [4.69, 9.17) is 5.73 Å². The van der Waals surface area contributed by atoms with Crippen LogP contribution in [-0.4, -0.2) is 19.7 Å². The number of hydrogen-bond donors (Lipinski definition) is 1. The lowest BCUT2D eigenvalue weighted by Gasteiger charge is -2.06. The minimum atomic E-state index is 0.334. The lowest BCUT2D eigenvalue weighted by molar-refractivity contribution is 0.660. The van der Waals surface area contributed by atoms with E-state index in [9.17, 15) is 0 Å². The molecule has 0 aliphatic heterocycles. The first-order valence-electron chi connectivity index (χ1n) is 5.77. The van der Waals surface area contributed by atoms with Gasteiger partial charge < -0.3 is 5.73 Å². The van der Waals surface area contributed by atoms with E-state index >= 15 is 0 Å². The van der Waals surface area contributed by atoms with E-state index in [1.54, 1.807) is 6.20 Å². The van der Waals surface area contributed by atoms with Crippen LogP contribution in [0, 0.1) is 0 Å². The first-order chi connectivity index (χ1) is 8.10. The van der Waals surface area contributed by atoms with Crippen LogP contribution in [0.5, 0.6) is 0 Å². The van der Waals surface area contributed by atoms with Gasteiger partial charge >= 0.3 is 0 Å². The summed E-state index contributed by atoms with van der Waals surface area (Å²) in [5, 5.41) is 4.21. The van der Waals surface area contributed by atoms with Gasteiger partial charge in [0.25, 0.3) is 0 Å². The van der Waals surface area contributed by atoms with Crippen LogP contribution in [0.15, 0.2) is 18.5 Å². The molecule has 2 aromatic rings. The highest BCUT2D eigenvalue weighted by Gasteiger charge is 2.09. The molecule has 0 unspecified atom stereocenters. The van der Waals surface area contributed by atoms with Crippen LogP contribution in [0.1, 0.15) is 32.4 Å². The van der Waals surface area contributed by atoms with Gasteiger partial charge in [0.1, 0.15) is 5.82 Å². The molecular formula is C12H17N5. The van der Waals surface area contributed by atoms with Gasteiger partial charge in [-0.1, -0.05) is 13.8 Å². The number of nitrogen functional groups attached to an aromatic ring is 1. The SMILES string of the molecule is CCn1cc(-c2nc(N)cc(C(C)C)n2)cn1. The van der Waals surface area contributed by atoms with E-state index in [0.717, 1.165) is 17.8 Å². The summed E-state index contributed by atoms with van der Waals surface area (Å²) < 4.78 is 1.84. The Balaban J connectivity index is 2.44. The first-order valence-corrected chi connectivity index (χ1v) is 5.77. The van der Waals surface area contributed by atoms with Gasteiger partial charge in [-0.05, 0) is 12.8 Å². The van der Waals surface area contributed by atoms with Crippen molar-refractivity contribution in [3.8, 4) is 11.4 Å². The van der Waals surface area contributed by atoms with Crippen molar-refractivity contribution in [3.63, 3.8) is 0 Å². The van der Waals surface area contributed by atoms with Crippen LogP contribution >= 0.6 is 0 Å². The van der Waals surface area contributed by atoms with E-state index < -0.39 is 0 Å². The lowest BCUT2D eigenvalue weighted by Crippen LogP contribution is -2.01. The summed E-state index contributed by atoms with van der Waals surface area (Å²) in [6.07, 6.45) is 3.70. The Bertz CT molecular complexity index is 515. The summed E-state index contributed by atoms with van der Waals surface area (Å²) in [6, 6.07) is 1.82.